The molecule has 1 aromatic heterocycles. The molecule has 130 valence electrons. The Bertz CT molecular complexity index is 710. The standard InChI is InChI=1S/C18H24N2O3S/c1-6-22-16-9-14(7-8-15(16)23-10-11(2)3)17-12(4)19-18(24-17)20-13(5)21/h7-9,11H,6,10H2,1-5H3,(H,19,20,21). The molecule has 1 N–H and O–H groups in total. The third kappa shape index (κ3) is 4.71. The van der Waals surface area contributed by atoms with E-state index in [9.17, 15) is 4.79 Å². The predicted octanol–water partition coefficient (Wildman–Crippen LogP) is 4.51. The van der Waals surface area contributed by atoms with Gasteiger partial charge in [0.05, 0.1) is 23.8 Å². The Morgan fingerprint density at radius 2 is 2.04 bits per heavy atom. The maximum atomic E-state index is 11.2. The minimum Gasteiger partial charge on any atom is -0.490 e. The maximum absolute atomic E-state index is 11.2. The highest BCUT2D eigenvalue weighted by molar-refractivity contribution is 7.19. The largest absolute Gasteiger partial charge is 0.490 e. The molecule has 0 spiro atoms. The number of thiazole rings is 1. The molecule has 1 amide bonds. The Kier molecular flexibility index (Phi) is 6.20. The van der Waals surface area contributed by atoms with Crippen molar-refractivity contribution in [1.82, 2.24) is 4.98 Å². The van der Waals surface area contributed by atoms with Crippen molar-refractivity contribution in [2.75, 3.05) is 18.5 Å². The van der Waals surface area contributed by atoms with Gasteiger partial charge in [-0.05, 0) is 43.5 Å². The summed E-state index contributed by atoms with van der Waals surface area (Å²) in [7, 11) is 0. The van der Waals surface area contributed by atoms with Gasteiger partial charge in [0.1, 0.15) is 0 Å². The predicted molar refractivity (Wildman–Crippen MR) is 98.1 cm³/mol. The van der Waals surface area contributed by atoms with E-state index in [0.717, 1.165) is 27.6 Å². The normalized spacial score (nSPS) is 10.8. The quantitative estimate of drug-likeness (QED) is 0.800. The van der Waals surface area contributed by atoms with Crippen LogP contribution in [0.5, 0.6) is 11.5 Å². The molecule has 24 heavy (non-hydrogen) atoms. The highest BCUT2D eigenvalue weighted by atomic mass is 32.1. The number of amides is 1. The first kappa shape index (κ1) is 18.3. The lowest BCUT2D eigenvalue weighted by Gasteiger charge is -2.14. The summed E-state index contributed by atoms with van der Waals surface area (Å²) in [6.07, 6.45) is 0. The van der Waals surface area contributed by atoms with Crippen LogP contribution >= 0.6 is 11.3 Å². The van der Waals surface area contributed by atoms with E-state index in [0.29, 0.717) is 24.3 Å². The molecule has 0 fully saturated rings. The fraction of sp³-hybridized carbons (Fsp3) is 0.444. The number of nitrogens with zero attached hydrogens (tertiary/aromatic N) is 1. The highest BCUT2D eigenvalue weighted by Gasteiger charge is 2.14. The van der Waals surface area contributed by atoms with Crippen molar-refractivity contribution in [3.8, 4) is 21.9 Å². The van der Waals surface area contributed by atoms with Crippen LogP contribution in [0, 0.1) is 12.8 Å². The molecule has 0 aliphatic heterocycles. The molecule has 0 saturated heterocycles. The lowest BCUT2D eigenvalue weighted by atomic mass is 10.1. The molecular weight excluding hydrogens is 324 g/mol. The van der Waals surface area contributed by atoms with Crippen molar-refractivity contribution in [1.29, 1.82) is 0 Å². The second-order valence-electron chi connectivity index (χ2n) is 5.91. The first-order valence-corrected chi connectivity index (χ1v) is 8.87. The summed E-state index contributed by atoms with van der Waals surface area (Å²) in [4.78, 5) is 16.6. The SMILES string of the molecule is CCOc1cc(-c2sc(NC(C)=O)nc2C)ccc1OCC(C)C. The Morgan fingerprint density at radius 1 is 1.29 bits per heavy atom. The fourth-order valence-electron chi connectivity index (χ4n) is 2.16. The van der Waals surface area contributed by atoms with Gasteiger partial charge in [0.15, 0.2) is 16.6 Å². The smallest absolute Gasteiger partial charge is 0.223 e. The van der Waals surface area contributed by atoms with Crippen molar-refractivity contribution < 1.29 is 14.3 Å². The van der Waals surface area contributed by atoms with Gasteiger partial charge in [0, 0.05) is 6.92 Å². The zero-order valence-corrected chi connectivity index (χ0v) is 15.6. The van der Waals surface area contributed by atoms with Crippen LogP contribution in [0.3, 0.4) is 0 Å². The average molecular weight is 348 g/mol. The fourth-order valence-corrected chi connectivity index (χ4v) is 3.17. The van der Waals surface area contributed by atoms with E-state index in [2.05, 4.69) is 24.1 Å². The Labute approximate surface area is 147 Å². The molecule has 0 atom stereocenters. The summed E-state index contributed by atoms with van der Waals surface area (Å²) in [5.74, 6) is 1.80. The molecular formula is C18H24N2O3S. The number of ether oxygens (including phenoxy) is 2. The minimum absolute atomic E-state index is 0.122. The van der Waals surface area contributed by atoms with Gasteiger partial charge < -0.3 is 14.8 Å². The number of hydrogen-bond acceptors (Lipinski definition) is 5. The molecule has 0 saturated carbocycles. The van der Waals surface area contributed by atoms with E-state index in [1.807, 2.05) is 32.0 Å². The number of carbonyl (C=O) groups is 1. The molecule has 5 nitrogen and oxygen atoms in total. The van der Waals surface area contributed by atoms with E-state index in [-0.39, 0.29) is 5.91 Å². The molecule has 1 heterocycles. The van der Waals surface area contributed by atoms with Crippen molar-refractivity contribution in [2.24, 2.45) is 5.92 Å². The Hall–Kier alpha value is -2.08. The zero-order chi connectivity index (χ0) is 17.7. The third-order valence-corrected chi connectivity index (χ3v) is 4.28. The van der Waals surface area contributed by atoms with Gasteiger partial charge in [0.2, 0.25) is 5.91 Å². The molecule has 0 radical (unpaired) electrons. The van der Waals surface area contributed by atoms with Crippen molar-refractivity contribution >= 4 is 22.4 Å². The summed E-state index contributed by atoms with van der Waals surface area (Å²) in [5, 5.41) is 3.34. The molecule has 0 aliphatic rings. The van der Waals surface area contributed by atoms with Crippen LogP contribution < -0.4 is 14.8 Å². The number of aromatic nitrogens is 1. The van der Waals surface area contributed by atoms with Crippen LogP contribution in [0.2, 0.25) is 0 Å². The number of hydrogen-bond donors (Lipinski definition) is 1. The van der Waals surface area contributed by atoms with Crippen LogP contribution in [-0.2, 0) is 4.79 Å². The number of aryl methyl sites for hydroxylation is 1. The van der Waals surface area contributed by atoms with Gasteiger partial charge >= 0.3 is 0 Å². The summed E-state index contributed by atoms with van der Waals surface area (Å²) in [5.41, 5.74) is 1.88. The van der Waals surface area contributed by atoms with Gasteiger partial charge in [-0.3, -0.25) is 4.79 Å². The van der Waals surface area contributed by atoms with E-state index < -0.39 is 0 Å². The third-order valence-electron chi connectivity index (χ3n) is 3.16. The van der Waals surface area contributed by atoms with Crippen LogP contribution in [0.15, 0.2) is 18.2 Å². The second kappa shape index (κ2) is 8.15. The van der Waals surface area contributed by atoms with Crippen LogP contribution in [0.4, 0.5) is 5.13 Å². The first-order valence-electron chi connectivity index (χ1n) is 8.05. The highest BCUT2D eigenvalue weighted by Crippen LogP contribution is 2.38. The zero-order valence-electron chi connectivity index (χ0n) is 14.8. The summed E-state index contributed by atoms with van der Waals surface area (Å²) in [6.45, 7) is 10.8. The lowest BCUT2D eigenvalue weighted by molar-refractivity contribution is -0.114. The molecule has 2 rings (SSSR count). The molecule has 0 bridgehead atoms. The molecule has 6 heteroatoms. The lowest BCUT2D eigenvalue weighted by Crippen LogP contribution is -2.06. The van der Waals surface area contributed by atoms with Gasteiger partial charge in [-0.2, -0.15) is 0 Å². The van der Waals surface area contributed by atoms with E-state index in [1.165, 1.54) is 18.3 Å². The Morgan fingerprint density at radius 3 is 2.67 bits per heavy atom. The number of benzene rings is 1. The second-order valence-corrected chi connectivity index (χ2v) is 6.91. The van der Waals surface area contributed by atoms with Crippen molar-refractivity contribution in [3.63, 3.8) is 0 Å². The minimum atomic E-state index is -0.122. The first-order chi connectivity index (χ1) is 11.4. The van der Waals surface area contributed by atoms with E-state index in [1.54, 1.807) is 0 Å². The van der Waals surface area contributed by atoms with E-state index >= 15 is 0 Å². The van der Waals surface area contributed by atoms with E-state index in [4.69, 9.17) is 9.47 Å². The summed E-state index contributed by atoms with van der Waals surface area (Å²) >= 11 is 1.45. The van der Waals surface area contributed by atoms with Crippen LogP contribution in [0.25, 0.3) is 10.4 Å². The van der Waals surface area contributed by atoms with Crippen molar-refractivity contribution in [3.05, 3.63) is 23.9 Å². The topological polar surface area (TPSA) is 60.5 Å². The average Bonchev–Trinajstić information content (AvgIpc) is 2.85. The van der Waals surface area contributed by atoms with Crippen molar-refractivity contribution in [2.45, 2.75) is 34.6 Å². The molecule has 0 unspecified atom stereocenters. The van der Waals surface area contributed by atoms with Crippen LogP contribution in [0.1, 0.15) is 33.4 Å². The summed E-state index contributed by atoms with van der Waals surface area (Å²) < 4.78 is 11.6. The molecule has 1 aromatic carbocycles. The summed E-state index contributed by atoms with van der Waals surface area (Å²) in [6, 6.07) is 5.90. The maximum Gasteiger partial charge on any atom is 0.223 e. The van der Waals surface area contributed by atoms with Gasteiger partial charge in [0.25, 0.3) is 0 Å². The number of anilines is 1. The monoisotopic (exact) mass is 348 g/mol. The van der Waals surface area contributed by atoms with Crippen LogP contribution in [-0.4, -0.2) is 24.1 Å². The molecule has 0 aliphatic carbocycles. The number of rotatable bonds is 7. The van der Waals surface area contributed by atoms with Gasteiger partial charge in [-0.1, -0.05) is 25.2 Å². The molecule has 2 aromatic rings. The number of carbonyl (C=O) groups excluding carboxylic acids is 1. The number of nitrogens with one attached hydrogen (secondary N) is 1. The van der Waals surface area contributed by atoms with Gasteiger partial charge in [-0.25, -0.2) is 4.98 Å². The van der Waals surface area contributed by atoms with Gasteiger partial charge in [-0.15, -0.1) is 0 Å². The Balaban J connectivity index is 2.32.